The highest BCUT2D eigenvalue weighted by atomic mass is 79.9. The van der Waals surface area contributed by atoms with Crippen molar-refractivity contribution in [3.05, 3.63) is 124 Å². The largest absolute Gasteiger partial charge is 0.484 e. The predicted octanol–water partition coefficient (Wildman–Crippen LogP) is 8.37. The molecule has 2 heterocycles. The molecule has 0 saturated heterocycles. The number of hydrogen-bond acceptors (Lipinski definition) is 5. The predicted molar refractivity (Wildman–Crippen MR) is 173 cm³/mol. The lowest BCUT2D eigenvalue weighted by Crippen LogP contribution is -2.24. The first-order chi connectivity index (χ1) is 20.4. The Morgan fingerprint density at radius 1 is 0.905 bits per heavy atom. The van der Waals surface area contributed by atoms with Crippen LogP contribution in [-0.2, 0) is 4.79 Å². The van der Waals surface area contributed by atoms with Gasteiger partial charge in [0.05, 0.1) is 22.9 Å². The molecule has 2 aromatic heterocycles. The summed E-state index contributed by atoms with van der Waals surface area (Å²) in [7, 11) is 0. The third-order valence-electron chi connectivity index (χ3n) is 6.72. The normalized spacial score (nSPS) is 11.3. The summed E-state index contributed by atoms with van der Waals surface area (Å²) in [5.74, 6) is 0.161. The number of aromatic nitrogens is 2. The fraction of sp³-hybridized carbons (Fsp3) is 0.0588. The second-order valence-electron chi connectivity index (χ2n) is 9.75. The molecule has 42 heavy (non-hydrogen) atoms. The second-order valence-corrected chi connectivity index (χ2v) is 11.0. The van der Waals surface area contributed by atoms with E-state index in [-0.39, 0.29) is 6.61 Å². The number of rotatable bonds is 7. The number of nitrogens with zero attached hydrogens (tertiary/aromatic N) is 3. The van der Waals surface area contributed by atoms with Gasteiger partial charge in [-0.25, -0.2) is 15.4 Å². The minimum Gasteiger partial charge on any atom is -0.484 e. The van der Waals surface area contributed by atoms with Gasteiger partial charge in [0.15, 0.2) is 6.61 Å². The van der Waals surface area contributed by atoms with Crippen molar-refractivity contribution in [2.24, 2.45) is 5.10 Å². The summed E-state index contributed by atoms with van der Waals surface area (Å²) in [5, 5.41) is 6.35. The van der Waals surface area contributed by atoms with E-state index in [4.69, 9.17) is 21.3 Å². The number of fused-ring (bicyclic) bond motifs is 2. The Balaban J connectivity index is 1.13. The maximum atomic E-state index is 12.3. The fourth-order valence-corrected chi connectivity index (χ4v) is 5.21. The molecule has 0 aliphatic heterocycles. The molecule has 6 aromatic rings. The number of nitrogens with one attached hydrogen (secondary N) is 1. The van der Waals surface area contributed by atoms with Gasteiger partial charge in [-0.1, -0.05) is 69.5 Å². The molecular weight excluding hydrogens is 612 g/mol. The lowest BCUT2D eigenvalue weighted by Gasteiger charge is -2.11. The van der Waals surface area contributed by atoms with E-state index in [9.17, 15) is 4.79 Å². The highest BCUT2D eigenvalue weighted by Crippen LogP contribution is 2.34. The van der Waals surface area contributed by atoms with Crippen molar-refractivity contribution in [3.8, 4) is 28.1 Å². The Kier molecular flexibility index (Phi) is 7.95. The third-order valence-corrected chi connectivity index (χ3v) is 7.52. The number of hydrogen-bond donors (Lipinski definition) is 1. The van der Waals surface area contributed by atoms with Crippen LogP contribution in [0.1, 0.15) is 11.1 Å². The highest BCUT2D eigenvalue weighted by molar-refractivity contribution is 9.10. The van der Waals surface area contributed by atoms with Gasteiger partial charge in [-0.05, 0) is 84.8 Å². The zero-order valence-corrected chi connectivity index (χ0v) is 24.9. The first-order valence-corrected chi connectivity index (χ1v) is 14.4. The molecule has 0 spiro atoms. The first kappa shape index (κ1) is 27.6. The molecule has 206 valence electrons. The van der Waals surface area contributed by atoms with Crippen LogP contribution in [0.25, 0.3) is 44.2 Å². The molecule has 6 rings (SSSR count). The molecule has 6 nitrogen and oxygen atoms in total. The van der Waals surface area contributed by atoms with Crippen LogP contribution in [0.5, 0.6) is 5.75 Å². The number of pyridine rings is 2. The zero-order valence-electron chi connectivity index (χ0n) is 22.5. The Morgan fingerprint density at radius 3 is 2.50 bits per heavy atom. The lowest BCUT2D eigenvalue weighted by atomic mass is 9.98. The van der Waals surface area contributed by atoms with E-state index in [2.05, 4.69) is 55.7 Å². The first-order valence-electron chi connectivity index (χ1n) is 13.2. The number of ether oxygens (including phenoxy) is 1. The van der Waals surface area contributed by atoms with Crippen LogP contribution in [0.15, 0.2) is 113 Å². The summed E-state index contributed by atoms with van der Waals surface area (Å²) in [6.45, 7) is 1.82. The van der Waals surface area contributed by atoms with E-state index < -0.39 is 5.91 Å². The fourth-order valence-electron chi connectivity index (χ4n) is 4.66. The number of benzene rings is 4. The van der Waals surface area contributed by atoms with Gasteiger partial charge < -0.3 is 4.74 Å². The van der Waals surface area contributed by atoms with Crippen molar-refractivity contribution < 1.29 is 9.53 Å². The Morgan fingerprint density at radius 2 is 1.69 bits per heavy atom. The minimum absolute atomic E-state index is 0.194. The number of aryl methyl sites for hydroxylation is 1. The summed E-state index contributed by atoms with van der Waals surface area (Å²) in [4.78, 5) is 21.6. The molecule has 4 aromatic carbocycles. The molecule has 1 N–H and O–H groups in total. The molecule has 0 aliphatic rings. The van der Waals surface area contributed by atoms with Crippen LogP contribution in [-0.4, -0.2) is 28.7 Å². The molecule has 8 heteroatoms. The monoisotopic (exact) mass is 634 g/mol. The Hall–Kier alpha value is -4.59. The summed E-state index contributed by atoms with van der Waals surface area (Å²) >= 11 is 9.87. The maximum absolute atomic E-state index is 12.3. The molecule has 0 bridgehead atoms. The molecule has 0 aliphatic carbocycles. The molecule has 0 saturated carbocycles. The average Bonchev–Trinajstić information content (AvgIpc) is 3.00. The smallest absolute Gasteiger partial charge is 0.277 e. The van der Waals surface area contributed by atoms with Gasteiger partial charge in [0.1, 0.15) is 10.9 Å². The Labute approximate surface area is 256 Å². The lowest BCUT2D eigenvalue weighted by molar-refractivity contribution is -0.123. The number of halogens is 2. The maximum Gasteiger partial charge on any atom is 0.277 e. The van der Waals surface area contributed by atoms with Crippen LogP contribution in [0.2, 0.25) is 5.15 Å². The van der Waals surface area contributed by atoms with Crippen molar-refractivity contribution >= 4 is 61.5 Å². The molecular formula is C34H24BrClN4O2. The van der Waals surface area contributed by atoms with Crippen molar-refractivity contribution in [3.63, 3.8) is 0 Å². The van der Waals surface area contributed by atoms with Gasteiger partial charge >= 0.3 is 0 Å². The quantitative estimate of drug-likeness (QED) is 0.109. The number of hydrazone groups is 1. The summed E-state index contributed by atoms with van der Waals surface area (Å²) in [6.07, 6.45) is 1.47. The van der Waals surface area contributed by atoms with Gasteiger partial charge in [-0.15, -0.1) is 0 Å². The summed E-state index contributed by atoms with van der Waals surface area (Å²) in [5.41, 5.74) is 9.91. The molecule has 0 fully saturated rings. The van der Waals surface area contributed by atoms with Crippen molar-refractivity contribution in [2.45, 2.75) is 6.92 Å². The van der Waals surface area contributed by atoms with Crippen LogP contribution < -0.4 is 10.2 Å². The standard InChI is InChI=1S/C34H24BrClN4O2/c1-21-7-13-30-24(15-21)16-25(34(36)39-30)19-37-40-33(41)20-42-27-11-8-23(9-12-27)32-18-28(22-5-3-2-4-6-22)29-17-26(35)10-14-31(29)38-32/h2-19H,20H2,1H3,(H,40,41). The van der Waals surface area contributed by atoms with Gasteiger partial charge in [0.25, 0.3) is 5.91 Å². The van der Waals surface area contributed by atoms with Gasteiger partial charge in [0, 0.05) is 26.4 Å². The van der Waals surface area contributed by atoms with Crippen molar-refractivity contribution in [2.75, 3.05) is 6.61 Å². The SMILES string of the molecule is Cc1ccc2nc(Cl)c(C=NNC(=O)COc3ccc(-c4cc(-c5ccccc5)c5cc(Br)ccc5n4)cc3)cc2c1. The molecule has 0 radical (unpaired) electrons. The van der Waals surface area contributed by atoms with Crippen molar-refractivity contribution in [1.82, 2.24) is 15.4 Å². The van der Waals surface area contributed by atoms with Crippen LogP contribution >= 0.6 is 27.5 Å². The molecule has 1 amide bonds. The topological polar surface area (TPSA) is 76.5 Å². The molecule has 0 atom stereocenters. The number of carbonyl (C=O) groups is 1. The van der Waals surface area contributed by atoms with Crippen LogP contribution in [0.4, 0.5) is 0 Å². The second kappa shape index (κ2) is 12.1. The minimum atomic E-state index is -0.397. The Bertz CT molecular complexity index is 1960. The van der Waals surface area contributed by atoms with E-state index in [1.807, 2.05) is 85.8 Å². The zero-order chi connectivity index (χ0) is 29.1. The summed E-state index contributed by atoms with van der Waals surface area (Å²) < 4.78 is 6.68. The van der Waals surface area contributed by atoms with E-state index in [1.165, 1.54) is 6.21 Å². The number of amides is 1. The summed E-state index contributed by atoms with van der Waals surface area (Å²) in [6, 6.07) is 33.8. The van der Waals surface area contributed by atoms with Crippen LogP contribution in [0.3, 0.4) is 0 Å². The third kappa shape index (κ3) is 6.17. The highest BCUT2D eigenvalue weighted by Gasteiger charge is 2.11. The van der Waals surface area contributed by atoms with E-state index >= 15 is 0 Å². The van der Waals surface area contributed by atoms with Crippen molar-refractivity contribution in [1.29, 1.82) is 0 Å². The van der Waals surface area contributed by atoms with Gasteiger partial charge in [0.2, 0.25) is 0 Å². The average molecular weight is 636 g/mol. The number of carbonyl (C=O) groups excluding carboxylic acids is 1. The van der Waals surface area contributed by atoms with Crippen LogP contribution in [0, 0.1) is 6.92 Å². The van der Waals surface area contributed by atoms with Gasteiger partial charge in [-0.2, -0.15) is 5.10 Å². The van der Waals surface area contributed by atoms with E-state index in [0.29, 0.717) is 16.5 Å². The van der Waals surface area contributed by atoms with Gasteiger partial charge in [-0.3, -0.25) is 4.79 Å². The van der Waals surface area contributed by atoms with E-state index in [1.54, 1.807) is 0 Å². The van der Waals surface area contributed by atoms with E-state index in [0.717, 1.165) is 54.2 Å². The molecule has 0 unspecified atom stereocenters.